The first kappa shape index (κ1) is 28.7. The molecule has 1 spiro atoms. The summed E-state index contributed by atoms with van der Waals surface area (Å²) in [6.45, 7) is 12.9. The fourth-order valence-corrected chi connectivity index (χ4v) is 6.22. The van der Waals surface area contributed by atoms with E-state index in [1.54, 1.807) is 0 Å². The van der Waals surface area contributed by atoms with Gasteiger partial charge in [-0.3, -0.25) is 4.79 Å². The van der Waals surface area contributed by atoms with Crippen LogP contribution >= 0.6 is 0 Å². The number of aromatic amines is 1. The summed E-state index contributed by atoms with van der Waals surface area (Å²) >= 11 is 0. The van der Waals surface area contributed by atoms with E-state index in [4.69, 9.17) is 24.8 Å². The van der Waals surface area contributed by atoms with Gasteiger partial charge in [0.2, 0.25) is 5.91 Å². The lowest BCUT2D eigenvalue weighted by Crippen LogP contribution is -2.41. The van der Waals surface area contributed by atoms with Gasteiger partial charge in [0.1, 0.15) is 12.4 Å². The maximum absolute atomic E-state index is 13.8. The van der Waals surface area contributed by atoms with Gasteiger partial charge in [-0.15, -0.1) is 0 Å². The van der Waals surface area contributed by atoms with E-state index in [0.717, 1.165) is 52.6 Å². The van der Waals surface area contributed by atoms with Crippen LogP contribution in [0.5, 0.6) is 0 Å². The molecule has 2 unspecified atom stereocenters. The Bertz CT molecular complexity index is 1510. The number of fused-ring (bicyclic) bond motifs is 1. The quantitative estimate of drug-likeness (QED) is 0.387. The van der Waals surface area contributed by atoms with Crippen LogP contribution in [0.3, 0.4) is 0 Å². The highest BCUT2D eigenvalue weighted by Gasteiger charge is 2.55. The number of carbonyl (C=O) groups is 2. The molecule has 2 saturated heterocycles. The number of carbonyl (C=O) groups excluding carboxylic acids is 2. The number of primary amides is 1. The van der Waals surface area contributed by atoms with Gasteiger partial charge in [-0.1, -0.05) is 44.2 Å². The molecule has 42 heavy (non-hydrogen) atoms. The summed E-state index contributed by atoms with van der Waals surface area (Å²) in [5.41, 5.74) is 7.52. The number of hydrogen-bond acceptors (Lipinski definition) is 6. The van der Waals surface area contributed by atoms with Gasteiger partial charge in [0.15, 0.2) is 0 Å². The van der Waals surface area contributed by atoms with E-state index in [1.807, 2.05) is 24.9 Å². The minimum atomic E-state index is -0.861. The number of rotatable bonds is 7. The number of benzene rings is 2. The Morgan fingerprint density at radius 2 is 1.76 bits per heavy atom. The number of likely N-dealkylation sites (tertiary alicyclic amines) is 1. The Kier molecular flexibility index (Phi) is 6.93. The molecule has 222 valence electrons. The number of imidazole rings is 1. The summed E-state index contributed by atoms with van der Waals surface area (Å²) in [6, 6.07) is 12.5. The molecule has 2 amide bonds. The third-order valence-corrected chi connectivity index (χ3v) is 9.89. The fraction of sp³-hybridized carbons (Fsp3) is 0.531. The van der Waals surface area contributed by atoms with E-state index in [2.05, 4.69) is 69.1 Å². The highest BCUT2D eigenvalue weighted by Crippen LogP contribution is 2.58. The zero-order valence-corrected chi connectivity index (χ0v) is 25.4. The van der Waals surface area contributed by atoms with Gasteiger partial charge >= 0.3 is 13.2 Å². The van der Waals surface area contributed by atoms with E-state index >= 15 is 0 Å². The molecule has 6 rings (SSSR count). The number of nitrogens with zero attached hydrogens (tertiary/aromatic N) is 2. The van der Waals surface area contributed by atoms with Crippen molar-refractivity contribution >= 4 is 35.4 Å². The predicted octanol–water partition coefficient (Wildman–Crippen LogP) is 4.95. The van der Waals surface area contributed by atoms with Gasteiger partial charge in [0, 0.05) is 12.1 Å². The second-order valence-electron chi connectivity index (χ2n) is 13.8. The van der Waals surface area contributed by atoms with E-state index in [0.29, 0.717) is 6.54 Å². The van der Waals surface area contributed by atoms with E-state index in [-0.39, 0.29) is 41.1 Å². The van der Waals surface area contributed by atoms with Crippen LogP contribution < -0.4 is 11.2 Å². The first-order valence-electron chi connectivity index (χ1n) is 14.9. The highest BCUT2D eigenvalue weighted by molar-refractivity contribution is 6.62. The van der Waals surface area contributed by atoms with Crippen LogP contribution in [0.1, 0.15) is 72.7 Å². The molecule has 2 aromatic carbocycles. The first-order valence-corrected chi connectivity index (χ1v) is 14.9. The van der Waals surface area contributed by atoms with Gasteiger partial charge in [-0.25, -0.2) is 9.78 Å². The zero-order valence-electron chi connectivity index (χ0n) is 25.4. The summed E-state index contributed by atoms with van der Waals surface area (Å²) in [6.07, 6.45) is 4.10. The highest BCUT2D eigenvalue weighted by atomic mass is 16.7. The molecule has 1 saturated carbocycles. The van der Waals surface area contributed by atoms with Gasteiger partial charge in [-0.2, -0.15) is 0 Å². The van der Waals surface area contributed by atoms with Crippen LogP contribution in [0.25, 0.3) is 22.0 Å². The normalized spacial score (nSPS) is 22.7. The second kappa shape index (κ2) is 10.1. The molecule has 10 heteroatoms. The van der Waals surface area contributed by atoms with Crippen LogP contribution in [0.15, 0.2) is 42.6 Å². The summed E-state index contributed by atoms with van der Waals surface area (Å²) in [4.78, 5) is 35.3. The number of aromatic nitrogens is 2. The average Bonchev–Trinajstić information content (AvgIpc) is 3.24. The molecule has 0 radical (unpaired) electrons. The largest absolute Gasteiger partial charge is 0.494 e. The zero-order chi connectivity index (χ0) is 30.0. The Balaban J connectivity index is 1.23. The summed E-state index contributed by atoms with van der Waals surface area (Å²) < 4.78 is 17.6. The van der Waals surface area contributed by atoms with Crippen molar-refractivity contribution in [1.82, 2.24) is 14.9 Å². The van der Waals surface area contributed by atoms with Crippen molar-refractivity contribution in [1.29, 1.82) is 0 Å². The lowest BCUT2D eigenvalue weighted by atomic mass is 9.78. The molecule has 3 heterocycles. The maximum atomic E-state index is 13.8. The van der Waals surface area contributed by atoms with Crippen LogP contribution in [-0.4, -0.2) is 58.3 Å². The Labute approximate surface area is 247 Å². The standard InChI is InChI=1S/C32H41BN4O5/c1-19(2)24(17-40-29(34)39)28(38)37-18-32(11-12-32)15-26(37)27-35-16-25(36-27)22-8-7-21-14-23(10-9-20(21)13-22)33-41-30(3,4)31(5,6)42-33/h7-10,13-14,16,19,24,26H,11-12,15,17-18H2,1-6H3,(H2,34,39)(H,35,36). The van der Waals surface area contributed by atoms with Crippen molar-refractivity contribution in [2.75, 3.05) is 13.2 Å². The SMILES string of the molecule is CC(C)C(COC(N)=O)C(=O)N1CC2(CC2)CC1c1ncc(-c2ccc3cc(B4OC(C)(C)C(C)(C)O4)ccc3c2)[nH]1. The third-order valence-electron chi connectivity index (χ3n) is 9.89. The number of amides is 2. The monoisotopic (exact) mass is 572 g/mol. The lowest BCUT2D eigenvalue weighted by molar-refractivity contribution is -0.139. The molecule has 3 aliphatic rings. The summed E-state index contributed by atoms with van der Waals surface area (Å²) in [5.74, 6) is 0.326. The average molecular weight is 573 g/mol. The molecule has 1 aromatic heterocycles. The molecule has 1 aliphatic carbocycles. The van der Waals surface area contributed by atoms with Crippen LogP contribution in [0.4, 0.5) is 4.79 Å². The van der Waals surface area contributed by atoms with Crippen LogP contribution in [0.2, 0.25) is 0 Å². The first-order chi connectivity index (χ1) is 19.8. The number of ether oxygens (including phenoxy) is 1. The van der Waals surface area contributed by atoms with Gasteiger partial charge in [0.25, 0.3) is 0 Å². The van der Waals surface area contributed by atoms with Gasteiger partial charge in [0.05, 0.1) is 35.1 Å². The fourth-order valence-electron chi connectivity index (χ4n) is 6.22. The van der Waals surface area contributed by atoms with Gasteiger partial charge < -0.3 is 29.7 Å². The molecular formula is C32H41BN4O5. The van der Waals surface area contributed by atoms with E-state index in [9.17, 15) is 9.59 Å². The van der Waals surface area contributed by atoms with Crippen molar-refractivity contribution in [2.45, 2.75) is 78.0 Å². The number of H-pyrrole nitrogens is 1. The lowest BCUT2D eigenvalue weighted by Gasteiger charge is -2.32. The van der Waals surface area contributed by atoms with Crippen molar-refractivity contribution < 1.29 is 23.6 Å². The van der Waals surface area contributed by atoms with Crippen molar-refractivity contribution in [3.8, 4) is 11.3 Å². The van der Waals surface area contributed by atoms with E-state index < -0.39 is 19.1 Å². The van der Waals surface area contributed by atoms with E-state index in [1.165, 1.54) is 0 Å². The van der Waals surface area contributed by atoms with Gasteiger partial charge in [-0.05, 0) is 80.6 Å². The van der Waals surface area contributed by atoms with Crippen LogP contribution in [-0.2, 0) is 18.8 Å². The smallest absolute Gasteiger partial charge is 0.449 e. The minimum Gasteiger partial charge on any atom is -0.449 e. The maximum Gasteiger partial charge on any atom is 0.494 e. The molecule has 9 nitrogen and oxygen atoms in total. The topological polar surface area (TPSA) is 120 Å². The molecule has 3 N–H and O–H groups in total. The number of hydrogen-bond donors (Lipinski definition) is 2. The summed E-state index contributed by atoms with van der Waals surface area (Å²) in [7, 11) is -0.404. The molecule has 0 bridgehead atoms. The van der Waals surface area contributed by atoms with Crippen LogP contribution in [0, 0.1) is 17.3 Å². The number of nitrogens with two attached hydrogens (primary N) is 1. The third kappa shape index (κ3) is 5.19. The summed E-state index contributed by atoms with van der Waals surface area (Å²) in [5, 5.41) is 2.21. The molecule has 2 aliphatic heterocycles. The Morgan fingerprint density at radius 3 is 2.40 bits per heavy atom. The predicted molar refractivity (Wildman–Crippen MR) is 162 cm³/mol. The number of nitrogens with one attached hydrogen (secondary N) is 1. The Morgan fingerprint density at radius 1 is 1.10 bits per heavy atom. The van der Waals surface area contributed by atoms with Crippen molar-refractivity contribution in [3.63, 3.8) is 0 Å². The molecule has 2 atom stereocenters. The molecule has 3 fully saturated rings. The minimum absolute atomic E-state index is 0.00306. The van der Waals surface area contributed by atoms with Crippen molar-refractivity contribution in [2.24, 2.45) is 23.0 Å². The second-order valence-corrected chi connectivity index (χ2v) is 13.8. The molecular weight excluding hydrogens is 531 g/mol. The Hall–Kier alpha value is -3.37. The van der Waals surface area contributed by atoms with Crippen molar-refractivity contribution in [3.05, 3.63) is 48.4 Å². The molecule has 3 aromatic rings.